The molecule has 0 bridgehead atoms. The minimum Gasteiger partial charge on any atom is -0.493 e. The van der Waals surface area contributed by atoms with Crippen molar-refractivity contribution < 1.29 is 27.9 Å². The topological polar surface area (TPSA) is 128 Å². The van der Waals surface area contributed by atoms with E-state index in [9.17, 15) is 23.1 Å². The van der Waals surface area contributed by atoms with Crippen LogP contribution in [-0.4, -0.2) is 92.6 Å². The van der Waals surface area contributed by atoms with Crippen molar-refractivity contribution in [3.8, 4) is 5.75 Å². The van der Waals surface area contributed by atoms with Gasteiger partial charge >= 0.3 is 0 Å². The van der Waals surface area contributed by atoms with Crippen LogP contribution in [0.25, 0.3) is 0 Å². The van der Waals surface area contributed by atoms with Crippen LogP contribution in [0.5, 0.6) is 5.75 Å². The van der Waals surface area contributed by atoms with Gasteiger partial charge in [-0.05, 0) is 67.6 Å². The summed E-state index contributed by atoms with van der Waals surface area (Å²) < 4.78 is 34.3. The molecular weight excluding hydrogens is 544 g/mol. The summed E-state index contributed by atoms with van der Waals surface area (Å²) in [7, 11) is -3.94. The summed E-state index contributed by atoms with van der Waals surface area (Å²) in [5.74, 6) is 0.0214. The molecule has 224 valence electrons. The minimum absolute atomic E-state index is 0.00252. The zero-order valence-electron chi connectivity index (χ0n) is 23.9. The van der Waals surface area contributed by atoms with Crippen LogP contribution in [0.15, 0.2) is 53.4 Å². The summed E-state index contributed by atoms with van der Waals surface area (Å²) in [5, 5.41) is 16.9. The molecule has 2 aromatic carbocycles. The van der Waals surface area contributed by atoms with Gasteiger partial charge in [0.15, 0.2) is 0 Å². The Bertz CT molecular complexity index is 1280. The Labute approximate surface area is 243 Å². The molecule has 2 aromatic rings. The lowest BCUT2D eigenvalue weighted by Crippen LogP contribution is -2.53. The number of aliphatic hydroxyl groups excluding tert-OH is 1. The second kappa shape index (κ2) is 14.3. The molecule has 0 aromatic heterocycles. The van der Waals surface area contributed by atoms with E-state index in [0.29, 0.717) is 25.2 Å². The lowest BCUT2D eigenvalue weighted by Gasteiger charge is -2.31. The molecule has 10 nitrogen and oxygen atoms in total. The standard InChI is InChI=1S/C30H42N4O6S/c1-22(2)19-34(41(38,39)25-10-11-28-24(17-25)12-15-40-28)20-27(35)26(16-23-8-4-3-5-9-23)32-29(36)18-31-30(37)21-33-13-6-7-14-33/h3-5,8-11,17,22,26-27,35H,6-7,12-16,18-21H2,1-2H3,(H,31,37)(H,32,36)/t26-,27+/m0/s1. The van der Waals surface area contributed by atoms with E-state index in [2.05, 4.69) is 10.6 Å². The number of hydrogen-bond donors (Lipinski definition) is 3. The van der Waals surface area contributed by atoms with Gasteiger partial charge in [-0.3, -0.25) is 14.5 Å². The zero-order valence-corrected chi connectivity index (χ0v) is 24.7. The fraction of sp³-hybridized carbons (Fsp3) is 0.533. The second-order valence-corrected chi connectivity index (χ2v) is 13.2. The van der Waals surface area contributed by atoms with Gasteiger partial charge in [0.1, 0.15) is 5.75 Å². The fourth-order valence-electron chi connectivity index (χ4n) is 5.27. The van der Waals surface area contributed by atoms with Gasteiger partial charge in [-0.25, -0.2) is 8.42 Å². The Morgan fingerprint density at radius 1 is 1.05 bits per heavy atom. The number of aliphatic hydroxyl groups is 1. The number of nitrogens with one attached hydrogen (secondary N) is 2. The zero-order chi connectivity index (χ0) is 29.4. The maximum Gasteiger partial charge on any atom is 0.243 e. The van der Waals surface area contributed by atoms with E-state index in [-0.39, 0.29) is 42.9 Å². The van der Waals surface area contributed by atoms with Gasteiger partial charge in [0.05, 0.1) is 36.7 Å². The molecule has 4 rings (SSSR count). The van der Waals surface area contributed by atoms with Gasteiger partial charge in [0.25, 0.3) is 0 Å². The molecule has 0 spiro atoms. The quantitative estimate of drug-likeness (QED) is 0.307. The summed E-state index contributed by atoms with van der Waals surface area (Å²) in [6, 6.07) is 13.5. The van der Waals surface area contributed by atoms with E-state index in [1.807, 2.05) is 49.1 Å². The number of sulfonamides is 1. The molecule has 0 unspecified atom stereocenters. The highest BCUT2D eigenvalue weighted by atomic mass is 32.2. The number of rotatable bonds is 14. The van der Waals surface area contributed by atoms with Crippen LogP contribution < -0.4 is 15.4 Å². The molecule has 41 heavy (non-hydrogen) atoms. The number of fused-ring (bicyclic) bond motifs is 1. The Hall–Kier alpha value is -2.99. The molecule has 2 aliphatic heterocycles. The molecule has 11 heteroatoms. The van der Waals surface area contributed by atoms with Crippen molar-refractivity contribution in [3.05, 3.63) is 59.7 Å². The Balaban J connectivity index is 1.46. The number of amides is 2. The lowest BCUT2D eigenvalue weighted by molar-refractivity contribution is -0.127. The Morgan fingerprint density at radius 3 is 2.49 bits per heavy atom. The monoisotopic (exact) mass is 586 g/mol. The SMILES string of the molecule is CC(C)CN(C[C@@H](O)[C@H](Cc1ccccc1)NC(=O)CNC(=O)CN1CCCC1)S(=O)(=O)c1ccc2c(c1)CCO2. The van der Waals surface area contributed by atoms with Gasteiger partial charge in [-0.15, -0.1) is 0 Å². The lowest BCUT2D eigenvalue weighted by atomic mass is 10.0. The van der Waals surface area contributed by atoms with E-state index in [1.54, 1.807) is 12.1 Å². The van der Waals surface area contributed by atoms with E-state index in [1.165, 1.54) is 10.4 Å². The molecule has 1 saturated heterocycles. The maximum atomic E-state index is 13.8. The molecule has 0 saturated carbocycles. The van der Waals surface area contributed by atoms with Crippen LogP contribution in [-0.2, 0) is 32.5 Å². The summed E-state index contributed by atoms with van der Waals surface area (Å²) in [5.41, 5.74) is 1.73. The molecule has 2 atom stereocenters. The van der Waals surface area contributed by atoms with E-state index in [4.69, 9.17) is 4.74 Å². The highest BCUT2D eigenvalue weighted by Crippen LogP contribution is 2.29. The predicted octanol–water partition coefficient (Wildman–Crippen LogP) is 1.57. The van der Waals surface area contributed by atoms with Crippen molar-refractivity contribution in [1.29, 1.82) is 0 Å². The molecule has 3 N–H and O–H groups in total. The molecular formula is C30H42N4O6S. The van der Waals surface area contributed by atoms with Crippen molar-refractivity contribution in [2.45, 2.75) is 56.6 Å². The summed E-state index contributed by atoms with van der Waals surface area (Å²) in [4.78, 5) is 27.4. The van der Waals surface area contributed by atoms with Crippen molar-refractivity contribution in [2.75, 3.05) is 45.9 Å². The number of hydrogen-bond acceptors (Lipinski definition) is 7. The van der Waals surface area contributed by atoms with Gasteiger partial charge in [-0.1, -0.05) is 44.2 Å². The van der Waals surface area contributed by atoms with Crippen molar-refractivity contribution in [2.24, 2.45) is 5.92 Å². The fourth-order valence-corrected chi connectivity index (χ4v) is 6.95. The average molecular weight is 587 g/mol. The van der Waals surface area contributed by atoms with Crippen LogP contribution in [0.1, 0.15) is 37.8 Å². The molecule has 2 aliphatic rings. The van der Waals surface area contributed by atoms with Crippen LogP contribution in [0.2, 0.25) is 0 Å². The van der Waals surface area contributed by atoms with Gasteiger partial charge in [-0.2, -0.15) is 4.31 Å². The Kier molecular flexibility index (Phi) is 10.8. The first kappa shape index (κ1) is 31.0. The number of benzene rings is 2. The summed E-state index contributed by atoms with van der Waals surface area (Å²) in [6.45, 7) is 6.13. The van der Waals surface area contributed by atoms with Gasteiger partial charge in [0.2, 0.25) is 21.8 Å². The van der Waals surface area contributed by atoms with E-state index in [0.717, 1.165) is 37.1 Å². The normalized spacial score (nSPS) is 16.8. The van der Waals surface area contributed by atoms with Crippen molar-refractivity contribution >= 4 is 21.8 Å². The van der Waals surface area contributed by atoms with Crippen LogP contribution in [0.4, 0.5) is 0 Å². The third-order valence-electron chi connectivity index (χ3n) is 7.38. The van der Waals surface area contributed by atoms with Crippen molar-refractivity contribution in [3.63, 3.8) is 0 Å². The molecule has 0 aliphatic carbocycles. The first-order valence-corrected chi connectivity index (χ1v) is 15.8. The number of likely N-dealkylation sites (tertiary alicyclic amines) is 1. The van der Waals surface area contributed by atoms with E-state index < -0.39 is 28.1 Å². The van der Waals surface area contributed by atoms with E-state index >= 15 is 0 Å². The first-order chi connectivity index (χ1) is 19.6. The first-order valence-electron chi connectivity index (χ1n) is 14.4. The molecule has 2 heterocycles. The molecule has 2 amide bonds. The smallest absolute Gasteiger partial charge is 0.243 e. The summed E-state index contributed by atoms with van der Waals surface area (Å²) in [6.07, 6.45) is 1.87. The Morgan fingerprint density at radius 2 is 1.78 bits per heavy atom. The average Bonchev–Trinajstić information content (AvgIpc) is 3.63. The van der Waals surface area contributed by atoms with Crippen LogP contribution in [0, 0.1) is 5.92 Å². The number of nitrogens with zero attached hydrogens (tertiary/aromatic N) is 2. The largest absolute Gasteiger partial charge is 0.493 e. The third kappa shape index (κ3) is 8.75. The maximum absolute atomic E-state index is 13.8. The number of ether oxygens (including phenoxy) is 1. The number of carbonyl (C=O) groups is 2. The van der Waals surface area contributed by atoms with Gasteiger partial charge in [0, 0.05) is 19.5 Å². The van der Waals surface area contributed by atoms with Gasteiger partial charge < -0.3 is 20.5 Å². The predicted molar refractivity (Wildman–Crippen MR) is 156 cm³/mol. The summed E-state index contributed by atoms with van der Waals surface area (Å²) >= 11 is 0. The highest BCUT2D eigenvalue weighted by Gasteiger charge is 2.32. The van der Waals surface area contributed by atoms with Crippen molar-refractivity contribution in [1.82, 2.24) is 19.8 Å². The highest BCUT2D eigenvalue weighted by molar-refractivity contribution is 7.89. The van der Waals surface area contributed by atoms with Crippen LogP contribution in [0.3, 0.4) is 0 Å². The molecule has 1 fully saturated rings. The second-order valence-electron chi connectivity index (χ2n) is 11.3. The molecule has 0 radical (unpaired) electrons. The number of carbonyl (C=O) groups excluding carboxylic acids is 2. The van der Waals surface area contributed by atoms with Crippen LogP contribution >= 0.6 is 0 Å². The third-order valence-corrected chi connectivity index (χ3v) is 9.21. The minimum atomic E-state index is -3.94.